The molecule has 4 rings (SSSR count). The first-order valence-electron chi connectivity index (χ1n) is 8.63. The SMILES string of the molecule is COC(=O)c1noc2cccc([N+](=O)[O-])c12.[2H]C([2H])(O)c1noc2cccc(N)c12. The summed E-state index contributed by atoms with van der Waals surface area (Å²) in [6, 6.07) is 9.07. The minimum absolute atomic E-state index is 0.0550. The van der Waals surface area contributed by atoms with Gasteiger partial charge in [0.15, 0.2) is 11.2 Å². The number of non-ortho nitro benzene ring substituents is 1. The van der Waals surface area contributed by atoms with Crippen LogP contribution in [0.4, 0.5) is 11.4 Å². The molecule has 0 spiro atoms. The lowest BCUT2D eigenvalue weighted by molar-refractivity contribution is -0.383. The van der Waals surface area contributed by atoms with Crippen LogP contribution in [0.15, 0.2) is 45.4 Å². The van der Waals surface area contributed by atoms with Crippen molar-refractivity contribution in [2.24, 2.45) is 0 Å². The van der Waals surface area contributed by atoms with E-state index in [1.54, 1.807) is 18.2 Å². The lowest BCUT2D eigenvalue weighted by atomic mass is 10.2. The van der Waals surface area contributed by atoms with Gasteiger partial charge in [-0.2, -0.15) is 0 Å². The van der Waals surface area contributed by atoms with Gasteiger partial charge in [0.1, 0.15) is 11.1 Å². The molecule has 2 aromatic heterocycles. The molecule has 0 bridgehead atoms. The first-order chi connectivity index (χ1) is 14.1. The second kappa shape index (κ2) is 7.72. The van der Waals surface area contributed by atoms with Crippen molar-refractivity contribution in [3.8, 4) is 0 Å². The molecule has 0 aliphatic rings. The number of nitrogens with two attached hydrogens (primary N) is 1. The summed E-state index contributed by atoms with van der Waals surface area (Å²) in [5.74, 6) is -0.770. The highest BCUT2D eigenvalue weighted by Crippen LogP contribution is 2.28. The van der Waals surface area contributed by atoms with Crippen molar-refractivity contribution in [1.29, 1.82) is 0 Å². The molecule has 3 N–H and O–H groups in total. The van der Waals surface area contributed by atoms with Gasteiger partial charge in [0.25, 0.3) is 5.69 Å². The zero-order chi connectivity index (χ0) is 22.1. The molecule has 2 aromatic carbocycles. The first kappa shape index (κ1) is 16.2. The second-order valence-electron chi connectivity index (χ2n) is 5.29. The highest BCUT2D eigenvalue weighted by molar-refractivity contribution is 6.05. The summed E-state index contributed by atoms with van der Waals surface area (Å²) in [6.45, 7) is -2.54. The van der Waals surface area contributed by atoms with Gasteiger partial charge in [0.05, 0.1) is 26.7 Å². The van der Waals surface area contributed by atoms with Gasteiger partial charge in [-0.1, -0.05) is 22.4 Å². The van der Waals surface area contributed by atoms with Crippen LogP contribution in [0.5, 0.6) is 0 Å². The summed E-state index contributed by atoms with van der Waals surface area (Å²) < 4.78 is 28.3. The molecule has 0 unspecified atom stereocenters. The van der Waals surface area contributed by atoms with Gasteiger partial charge in [-0.05, 0) is 18.2 Å². The van der Waals surface area contributed by atoms with Crippen LogP contribution < -0.4 is 5.73 Å². The van der Waals surface area contributed by atoms with Crippen LogP contribution >= 0.6 is 0 Å². The summed E-state index contributed by atoms with van der Waals surface area (Å²) in [6.07, 6.45) is 0. The molecule has 0 amide bonds. The molecule has 144 valence electrons. The Labute approximate surface area is 159 Å². The number of hydrogen-bond acceptors (Lipinski definition) is 10. The highest BCUT2D eigenvalue weighted by Gasteiger charge is 2.24. The van der Waals surface area contributed by atoms with Crippen molar-refractivity contribution >= 4 is 39.3 Å². The van der Waals surface area contributed by atoms with Crippen molar-refractivity contribution in [3.05, 3.63) is 57.9 Å². The van der Waals surface area contributed by atoms with Gasteiger partial charge in [-0.15, -0.1) is 0 Å². The molecule has 4 aromatic rings. The number of nitrogen functional groups attached to an aromatic ring is 1. The van der Waals surface area contributed by atoms with Gasteiger partial charge in [0, 0.05) is 11.8 Å². The number of benzene rings is 2. The van der Waals surface area contributed by atoms with Gasteiger partial charge in [-0.3, -0.25) is 10.1 Å². The molecular formula is C17H14N4O7. The number of hydrogen-bond donors (Lipinski definition) is 2. The molecular weight excluding hydrogens is 372 g/mol. The maximum atomic E-state index is 11.3. The van der Waals surface area contributed by atoms with Gasteiger partial charge in [0.2, 0.25) is 5.69 Å². The van der Waals surface area contributed by atoms with E-state index in [4.69, 9.17) is 22.6 Å². The number of carbonyl (C=O) groups is 1. The minimum atomic E-state index is -2.54. The number of methoxy groups -OCH3 is 1. The topological polar surface area (TPSA) is 168 Å². The van der Waals surface area contributed by atoms with Crippen molar-refractivity contribution in [3.63, 3.8) is 0 Å². The van der Waals surface area contributed by atoms with E-state index in [2.05, 4.69) is 15.1 Å². The van der Waals surface area contributed by atoms with E-state index in [0.717, 1.165) is 7.11 Å². The molecule has 0 fully saturated rings. The maximum Gasteiger partial charge on any atom is 0.361 e. The average molecular weight is 388 g/mol. The standard InChI is InChI=1S/C9H6N2O5.C8H8N2O2/c1-15-9(12)8-7-5(11(13)14)3-2-4-6(7)16-10-8;9-5-2-1-3-7-8(5)6(4-11)10-12-7/h2-4H,1H3;1-3,11H,4,9H2/i;4D2. The smallest absolute Gasteiger partial charge is 0.361 e. The van der Waals surface area contributed by atoms with Crippen LogP contribution in [0.3, 0.4) is 0 Å². The van der Waals surface area contributed by atoms with E-state index in [1.165, 1.54) is 18.2 Å². The Bertz CT molecular complexity index is 1250. The maximum absolute atomic E-state index is 11.3. The summed E-state index contributed by atoms with van der Waals surface area (Å²) >= 11 is 0. The third-order valence-corrected chi connectivity index (χ3v) is 3.69. The third-order valence-electron chi connectivity index (χ3n) is 3.69. The number of fused-ring (bicyclic) bond motifs is 2. The molecule has 0 atom stereocenters. The van der Waals surface area contributed by atoms with Crippen molar-refractivity contribution in [2.45, 2.75) is 6.56 Å². The molecule has 0 radical (unpaired) electrons. The number of rotatable bonds is 3. The Morgan fingerprint density at radius 1 is 1.25 bits per heavy atom. The molecule has 28 heavy (non-hydrogen) atoms. The number of nitro groups is 1. The van der Waals surface area contributed by atoms with Crippen LogP contribution in [0, 0.1) is 10.1 Å². The Kier molecular flexibility index (Phi) is 4.46. The average Bonchev–Trinajstić information content (AvgIpc) is 3.32. The van der Waals surface area contributed by atoms with E-state index >= 15 is 0 Å². The van der Waals surface area contributed by atoms with E-state index in [-0.39, 0.29) is 28.0 Å². The molecule has 0 saturated heterocycles. The van der Waals surface area contributed by atoms with Gasteiger partial charge < -0.3 is 24.6 Å². The number of nitrogens with zero attached hydrogens (tertiary/aromatic N) is 3. The monoisotopic (exact) mass is 388 g/mol. The highest BCUT2D eigenvalue weighted by atomic mass is 16.6. The van der Waals surface area contributed by atoms with Crippen LogP contribution in [-0.4, -0.2) is 33.4 Å². The summed E-state index contributed by atoms with van der Waals surface area (Å²) in [5, 5.41) is 27.2. The third kappa shape index (κ3) is 3.33. The Balaban J connectivity index is 0.000000172. The first-order valence-corrected chi connectivity index (χ1v) is 7.63. The predicted octanol–water partition coefficient (Wildman–Crippen LogP) is 2.42. The summed E-state index contributed by atoms with van der Waals surface area (Å²) in [7, 11) is 1.16. The van der Waals surface area contributed by atoms with E-state index in [0.29, 0.717) is 16.7 Å². The largest absolute Gasteiger partial charge is 0.464 e. The Morgan fingerprint density at radius 2 is 1.89 bits per heavy atom. The predicted molar refractivity (Wildman–Crippen MR) is 96.3 cm³/mol. The van der Waals surface area contributed by atoms with Gasteiger partial charge in [-0.25, -0.2) is 4.79 Å². The fourth-order valence-corrected chi connectivity index (χ4v) is 2.46. The molecule has 11 heteroatoms. The Morgan fingerprint density at radius 3 is 2.54 bits per heavy atom. The minimum Gasteiger partial charge on any atom is -0.464 e. The van der Waals surface area contributed by atoms with Crippen LogP contribution in [0.25, 0.3) is 21.9 Å². The lowest BCUT2D eigenvalue weighted by Crippen LogP contribution is -2.02. The van der Waals surface area contributed by atoms with Crippen molar-refractivity contribution < 1.29 is 31.3 Å². The lowest BCUT2D eigenvalue weighted by Gasteiger charge is -1.94. The number of aliphatic hydroxyl groups is 1. The van der Waals surface area contributed by atoms with E-state index < -0.39 is 17.5 Å². The van der Waals surface area contributed by atoms with Crippen LogP contribution in [-0.2, 0) is 11.3 Å². The number of nitro benzene ring substituents is 1. The zero-order valence-electron chi connectivity index (χ0n) is 16.3. The normalized spacial score (nSPS) is 12.1. The van der Waals surface area contributed by atoms with Crippen LogP contribution in [0.1, 0.15) is 18.9 Å². The Hall–Kier alpha value is -3.99. The van der Waals surface area contributed by atoms with E-state index in [9.17, 15) is 14.9 Å². The molecule has 2 heterocycles. The summed E-state index contributed by atoms with van der Waals surface area (Å²) in [5.41, 5.74) is 5.87. The second-order valence-corrected chi connectivity index (χ2v) is 5.29. The molecule has 0 aliphatic carbocycles. The zero-order valence-corrected chi connectivity index (χ0v) is 14.3. The van der Waals surface area contributed by atoms with Gasteiger partial charge >= 0.3 is 5.97 Å². The van der Waals surface area contributed by atoms with E-state index in [1.807, 2.05) is 0 Å². The van der Waals surface area contributed by atoms with Crippen molar-refractivity contribution in [1.82, 2.24) is 10.3 Å². The van der Waals surface area contributed by atoms with Crippen LogP contribution in [0.2, 0.25) is 0 Å². The quantitative estimate of drug-likeness (QED) is 0.230. The number of aromatic nitrogens is 2. The molecule has 0 saturated carbocycles. The molecule has 0 aliphatic heterocycles. The molecule has 11 nitrogen and oxygen atoms in total. The number of ether oxygens (including phenoxy) is 1. The fraction of sp³-hybridized carbons (Fsp3) is 0.118. The van der Waals surface area contributed by atoms with Crippen molar-refractivity contribution in [2.75, 3.05) is 12.8 Å². The summed E-state index contributed by atoms with van der Waals surface area (Å²) in [4.78, 5) is 21.5. The fourth-order valence-electron chi connectivity index (χ4n) is 2.46. The number of anilines is 1. The number of esters is 1. The number of carbonyl (C=O) groups excluding carboxylic acids is 1.